The predicted molar refractivity (Wildman–Crippen MR) is 74.4 cm³/mol. The van der Waals surface area contributed by atoms with Gasteiger partial charge in [-0.2, -0.15) is 4.31 Å². The predicted octanol–water partition coefficient (Wildman–Crippen LogP) is 1.38. The van der Waals surface area contributed by atoms with Gasteiger partial charge in [0, 0.05) is 19.3 Å². The largest absolute Gasteiger partial charge is 0.399 e. The average molecular weight is 284 g/mol. The molecule has 0 aliphatic carbocycles. The highest BCUT2D eigenvalue weighted by Gasteiger charge is 2.35. The van der Waals surface area contributed by atoms with Gasteiger partial charge in [0.1, 0.15) is 0 Å². The van der Waals surface area contributed by atoms with E-state index in [4.69, 9.17) is 10.5 Å². The van der Waals surface area contributed by atoms with Gasteiger partial charge in [-0.3, -0.25) is 0 Å². The monoisotopic (exact) mass is 284 g/mol. The van der Waals surface area contributed by atoms with Gasteiger partial charge in [-0.25, -0.2) is 8.42 Å². The van der Waals surface area contributed by atoms with Crippen LogP contribution in [0.2, 0.25) is 0 Å². The van der Waals surface area contributed by atoms with Crippen molar-refractivity contribution >= 4 is 15.7 Å². The Morgan fingerprint density at radius 3 is 2.68 bits per heavy atom. The standard InChI is InChI=1S/C13H20N2O3S/c1-9-4-5-11(14)8-13(9)19(16,17)15(3)12-6-7-18-10(12)2/h4-5,8,10,12H,6-7,14H2,1-3H3. The van der Waals surface area contributed by atoms with Crippen molar-refractivity contribution in [1.29, 1.82) is 0 Å². The Bertz CT molecular complexity index is 571. The Balaban J connectivity index is 2.39. The molecule has 1 fully saturated rings. The van der Waals surface area contributed by atoms with Gasteiger partial charge in [0.25, 0.3) is 0 Å². The molecule has 1 aliphatic rings. The zero-order valence-electron chi connectivity index (χ0n) is 11.5. The van der Waals surface area contributed by atoms with Crippen LogP contribution in [0.4, 0.5) is 5.69 Å². The first-order valence-electron chi connectivity index (χ1n) is 6.30. The second-order valence-corrected chi connectivity index (χ2v) is 6.94. The van der Waals surface area contributed by atoms with Crippen molar-refractivity contribution in [2.75, 3.05) is 19.4 Å². The summed E-state index contributed by atoms with van der Waals surface area (Å²) in [6, 6.07) is 4.83. The van der Waals surface area contributed by atoms with Crippen LogP contribution in [0, 0.1) is 6.92 Å². The zero-order valence-corrected chi connectivity index (χ0v) is 12.3. The number of sulfonamides is 1. The van der Waals surface area contributed by atoms with Gasteiger partial charge in [-0.05, 0) is 38.0 Å². The first kappa shape index (κ1) is 14.3. The normalized spacial score (nSPS) is 24.0. The first-order chi connectivity index (χ1) is 8.84. The number of rotatable bonds is 3. The molecule has 106 valence electrons. The molecule has 0 aromatic heterocycles. The highest BCUT2D eigenvalue weighted by atomic mass is 32.2. The van der Waals surface area contributed by atoms with E-state index in [1.165, 1.54) is 10.4 Å². The van der Waals surface area contributed by atoms with E-state index in [1.54, 1.807) is 26.1 Å². The quantitative estimate of drug-likeness (QED) is 0.851. The molecule has 6 heteroatoms. The Hall–Kier alpha value is -1.11. The van der Waals surface area contributed by atoms with E-state index >= 15 is 0 Å². The third kappa shape index (κ3) is 2.61. The lowest BCUT2D eigenvalue weighted by atomic mass is 10.2. The van der Waals surface area contributed by atoms with Gasteiger partial charge in [-0.15, -0.1) is 0 Å². The molecule has 0 bridgehead atoms. The molecule has 2 unspecified atom stereocenters. The maximum Gasteiger partial charge on any atom is 0.243 e. The number of hydrogen-bond acceptors (Lipinski definition) is 4. The van der Waals surface area contributed by atoms with Crippen LogP contribution in [-0.4, -0.2) is 38.5 Å². The minimum absolute atomic E-state index is 0.0823. The third-order valence-electron chi connectivity index (χ3n) is 3.67. The van der Waals surface area contributed by atoms with E-state index in [9.17, 15) is 8.42 Å². The molecule has 0 radical (unpaired) electrons. The number of likely N-dealkylation sites (N-methyl/N-ethyl adjacent to an activating group) is 1. The highest BCUT2D eigenvalue weighted by Crippen LogP contribution is 2.27. The number of nitrogen functional groups attached to an aromatic ring is 1. The summed E-state index contributed by atoms with van der Waals surface area (Å²) in [5.74, 6) is 0. The molecule has 1 aromatic rings. The van der Waals surface area contributed by atoms with E-state index in [0.29, 0.717) is 17.9 Å². The maximum absolute atomic E-state index is 12.7. The summed E-state index contributed by atoms with van der Waals surface area (Å²) in [5.41, 5.74) is 6.85. The summed E-state index contributed by atoms with van der Waals surface area (Å²) in [7, 11) is -1.93. The van der Waals surface area contributed by atoms with Crippen LogP contribution in [0.3, 0.4) is 0 Å². The Labute approximate surface area is 114 Å². The van der Waals surface area contributed by atoms with Gasteiger partial charge < -0.3 is 10.5 Å². The van der Waals surface area contributed by atoms with Gasteiger partial charge in [-0.1, -0.05) is 6.07 Å². The molecular formula is C13H20N2O3S. The summed E-state index contributed by atoms with van der Waals surface area (Å²) in [6.45, 7) is 4.27. The highest BCUT2D eigenvalue weighted by molar-refractivity contribution is 7.89. The number of nitrogens with two attached hydrogens (primary N) is 1. The Morgan fingerprint density at radius 2 is 2.11 bits per heavy atom. The lowest BCUT2D eigenvalue weighted by molar-refractivity contribution is 0.102. The molecule has 1 saturated heterocycles. The number of anilines is 1. The number of benzene rings is 1. The van der Waals surface area contributed by atoms with E-state index in [-0.39, 0.29) is 17.0 Å². The van der Waals surface area contributed by atoms with Crippen molar-refractivity contribution in [3.05, 3.63) is 23.8 Å². The molecule has 1 aromatic carbocycles. The number of aryl methyl sites for hydroxylation is 1. The Morgan fingerprint density at radius 1 is 1.42 bits per heavy atom. The van der Waals surface area contributed by atoms with Crippen LogP contribution < -0.4 is 5.73 Å². The number of hydrogen-bond donors (Lipinski definition) is 1. The second kappa shape index (κ2) is 5.11. The van der Waals surface area contributed by atoms with Gasteiger partial charge in [0.15, 0.2) is 0 Å². The van der Waals surface area contributed by atoms with Crippen molar-refractivity contribution in [2.24, 2.45) is 0 Å². The van der Waals surface area contributed by atoms with Crippen LogP contribution in [0.15, 0.2) is 23.1 Å². The number of ether oxygens (including phenoxy) is 1. The van der Waals surface area contributed by atoms with Crippen LogP contribution in [0.25, 0.3) is 0 Å². The van der Waals surface area contributed by atoms with Crippen LogP contribution in [-0.2, 0) is 14.8 Å². The molecule has 2 atom stereocenters. The Kier molecular flexibility index (Phi) is 3.85. The summed E-state index contributed by atoms with van der Waals surface area (Å²) in [4.78, 5) is 0.272. The minimum atomic E-state index is -3.54. The summed E-state index contributed by atoms with van der Waals surface area (Å²) in [5, 5.41) is 0. The SMILES string of the molecule is Cc1ccc(N)cc1S(=O)(=O)N(C)C1CCOC1C. The van der Waals surface area contributed by atoms with Gasteiger partial charge in [0.2, 0.25) is 10.0 Å². The summed E-state index contributed by atoms with van der Waals surface area (Å²) < 4.78 is 32.2. The van der Waals surface area contributed by atoms with E-state index < -0.39 is 10.0 Å². The molecule has 2 rings (SSSR count). The van der Waals surface area contributed by atoms with Crippen LogP contribution in [0.5, 0.6) is 0 Å². The molecular weight excluding hydrogens is 264 g/mol. The third-order valence-corrected chi connectivity index (χ3v) is 5.70. The fraction of sp³-hybridized carbons (Fsp3) is 0.538. The lowest BCUT2D eigenvalue weighted by Gasteiger charge is -2.26. The first-order valence-corrected chi connectivity index (χ1v) is 7.74. The maximum atomic E-state index is 12.7. The fourth-order valence-electron chi connectivity index (χ4n) is 2.43. The molecule has 19 heavy (non-hydrogen) atoms. The van der Waals surface area contributed by atoms with Crippen LogP contribution >= 0.6 is 0 Å². The topological polar surface area (TPSA) is 72.6 Å². The van der Waals surface area contributed by atoms with Crippen molar-refractivity contribution in [3.63, 3.8) is 0 Å². The fourth-order valence-corrected chi connectivity index (χ4v) is 4.13. The molecule has 1 heterocycles. The summed E-state index contributed by atoms with van der Waals surface area (Å²) >= 11 is 0. The second-order valence-electron chi connectivity index (χ2n) is 4.98. The average Bonchev–Trinajstić information content (AvgIpc) is 2.77. The zero-order chi connectivity index (χ0) is 14.2. The molecule has 0 spiro atoms. The van der Waals surface area contributed by atoms with E-state index in [2.05, 4.69) is 0 Å². The molecule has 2 N–H and O–H groups in total. The molecule has 0 amide bonds. The van der Waals surface area contributed by atoms with Crippen molar-refractivity contribution in [3.8, 4) is 0 Å². The summed E-state index contributed by atoms with van der Waals surface area (Å²) in [6.07, 6.45) is 0.638. The molecule has 5 nitrogen and oxygen atoms in total. The van der Waals surface area contributed by atoms with Gasteiger partial charge >= 0.3 is 0 Å². The van der Waals surface area contributed by atoms with Crippen LogP contribution in [0.1, 0.15) is 18.9 Å². The van der Waals surface area contributed by atoms with Gasteiger partial charge in [0.05, 0.1) is 17.0 Å². The van der Waals surface area contributed by atoms with Crippen molar-refractivity contribution in [2.45, 2.75) is 37.3 Å². The molecule has 1 aliphatic heterocycles. The molecule has 0 saturated carbocycles. The van der Waals surface area contributed by atoms with E-state index in [0.717, 1.165) is 6.42 Å². The van der Waals surface area contributed by atoms with Crippen molar-refractivity contribution < 1.29 is 13.2 Å². The number of nitrogens with zero attached hydrogens (tertiary/aromatic N) is 1. The van der Waals surface area contributed by atoms with E-state index in [1.807, 2.05) is 6.92 Å². The lowest BCUT2D eigenvalue weighted by Crippen LogP contribution is -2.41. The van der Waals surface area contributed by atoms with Crippen molar-refractivity contribution in [1.82, 2.24) is 4.31 Å². The smallest absolute Gasteiger partial charge is 0.243 e. The minimum Gasteiger partial charge on any atom is -0.399 e.